The zero-order valence-corrected chi connectivity index (χ0v) is 14.7. The number of amides is 2. The van der Waals surface area contributed by atoms with Crippen LogP contribution in [0, 0.1) is 0 Å². The van der Waals surface area contributed by atoms with Crippen LogP contribution in [-0.2, 0) is 11.8 Å². The third-order valence-electron chi connectivity index (χ3n) is 5.69. The van der Waals surface area contributed by atoms with Crippen molar-refractivity contribution in [2.45, 2.75) is 50.6 Å². The molecule has 1 aromatic carbocycles. The summed E-state index contributed by atoms with van der Waals surface area (Å²) < 4.78 is 1.92. The normalized spacial score (nSPS) is 21.9. The Morgan fingerprint density at radius 2 is 1.92 bits per heavy atom. The van der Waals surface area contributed by atoms with Gasteiger partial charge in [-0.15, -0.1) is 0 Å². The number of nitrogens with one attached hydrogen (secondary N) is 1. The molecule has 132 valence electrons. The zero-order valence-electron chi connectivity index (χ0n) is 14.7. The maximum atomic E-state index is 12.7. The number of likely N-dealkylation sites (tertiary alicyclic amines) is 1. The van der Waals surface area contributed by atoms with E-state index in [2.05, 4.69) is 5.32 Å². The Bertz CT molecular complexity index is 804. The molecule has 5 nitrogen and oxygen atoms in total. The number of nitrogens with zero attached hydrogens (tertiary/aromatic N) is 2. The van der Waals surface area contributed by atoms with Crippen molar-refractivity contribution < 1.29 is 9.59 Å². The van der Waals surface area contributed by atoms with Gasteiger partial charge in [0, 0.05) is 37.0 Å². The van der Waals surface area contributed by atoms with E-state index >= 15 is 0 Å². The van der Waals surface area contributed by atoms with Crippen LogP contribution < -0.4 is 5.32 Å². The van der Waals surface area contributed by atoms with Gasteiger partial charge in [-0.2, -0.15) is 0 Å². The van der Waals surface area contributed by atoms with Gasteiger partial charge >= 0.3 is 0 Å². The van der Waals surface area contributed by atoms with E-state index in [0.717, 1.165) is 23.7 Å². The summed E-state index contributed by atoms with van der Waals surface area (Å²) in [5.41, 5.74) is 1.68. The van der Waals surface area contributed by atoms with Gasteiger partial charge in [-0.1, -0.05) is 37.5 Å². The molecule has 1 aliphatic carbocycles. The number of benzene rings is 1. The number of carbonyl (C=O) groups is 2. The minimum atomic E-state index is -0.0954. The maximum Gasteiger partial charge on any atom is 0.268 e. The number of rotatable bonds is 3. The summed E-state index contributed by atoms with van der Waals surface area (Å²) in [5, 5.41) is 4.13. The van der Waals surface area contributed by atoms with E-state index in [1.54, 1.807) is 0 Å². The molecule has 0 spiro atoms. The van der Waals surface area contributed by atoms with Crippen molar-refractivity contribution in [2.75, 3.05) is 6.54 Å². The van der Waals surface area contributed by atoms with Gasteiger partial charge in [0.1, 0.15) is 5.69 Å². The second-order valence-corrected chi connectivity index (χ2v) is 7.36. The largest absolute Gasteiger partial charge is 0.346 e. The highest BCUT2D eigenvalue weighted by Gasteiger charge is 2.35. The summed E-state index contributed by atoms with van der Waals surface area (Å²) in [7, 11) is 1.91. The summed E-state index contributed by atoms with van der Waals surface area (Å²) in [4.78, 5) is 27.1. The molecule has 2 amide bonds. The van der Waals surface area contributed by atoms with E-state index in [0.29, 0.717) is 24.7 Å². The second kappa shape index (κ2) is 6.54. The Kier molecular flexibility index (Phi) is 4.24. The van der Waals surface area contributed by atoms with Crippen LogP contribution in [0.4, 0.5) is 0 Å². The van der Waals surface area contributed by atoms with E-state index in [4.69, 9.17) is 0 Å². The molecule has 1 aromatic heterocycles. The fourth-order valence-electron chi connectivity index (χ4n) is 4.34. The van der Waals surface area contributed by atoms with Crippen LogP contribution in [0.1, 0.15) is 49.0 Å². The van der Waals surface area contributed by atoms with E-state index in [1.807, 2.05) is 46.8 Å². The Hall–Kier alpha value is -2.30. The number of hydrogen-bond donors (Lipinski definition) is 1. The molecule has 0 bridgehead atoms. The minimum Gasteiger partial charge on any atom is -0.346 e. The Labute approximate surface area is 148 Å². The van der Waals surface area contributed by atoms with Gasteiger partial charge in [-0.25, -0.2) is 0 Å². The van der Waals surface area contributed by atoms with Crippen molar-refractivity contribution in [3.05, 3.63) is 36.0 Å². The summed E-state index contributed by atoms with van der Waals surface area (Å²) in [6.45, 7) is 0.652. The number of aromatic nitrogens is 1. The van der Waals surface area contributed by atoms with Crippen molar-refractivity contribution in [2.24, 2.45) is 7.05 Å². The Morgan fingerprint density at radius 3 is 2.68 bits per heavy atom. The van der Waals surface area contributed by atoms with Gasteiger partial charge in [0.05, 0.1) is 6.04 Å². The molecule has 1 atom stereocenters. The lowest BCUT2D eigenvalue weighted by atomic mass is 9.94. The van der Waals surface area contributed by atoms with Crippen LogP contribution in [-0.4, -0.2) is 39.9 Å². The fraction of sp³-hybridized carbons (Fsp3) is 0.500. The first-order valence-corrected chi connectivity index (χ1v) is 9.28. The highest BCUT2D eigenvalue weighted by molar-refractivity contribution is 5.99. The average molecular weight is 339 g/mol. The standard InChI is InChI=1S/C20H25N3O2/c1-22-17-10-6-5-7-14(17)11-18(22)20(25)21-15-12-19(24)23(13-15)16-8-3-2-4-9-16/h5-7,10-11,15-16H,2-4,8-9,12-13H2,1H3,(H,21,25). The molecule has 2 heterocycles. The van der Waals surface area contributed by atoms with Crippen molar-refractivity contribution >= 4 is 22.7 Å². The van der Waals surface area contributed by atoms with Gasteiger partial charge in [-0.05, 0) is 25.0 Å². The molecule has 2 fully saturated rings. The third kappa shape index (κ3) is 3.03. The molecule has 2 aromatic rings. The van der Waals surface area contributed by atoms with Crippen LogP contribution in [0.25, 0.3) is 10.9 Å². The topological polar surface area (TPSA) is 54.3 Å². The van der Waals surface area contributed by atoms with Gasteiger partial charge in [0.15, 0.2) is 0 Å². The highest BCUT2D eigenvalue weighted by atomic mass is 16.2. The van der Waals surface area contributed by atoms with Gasteiger partial charge in [-0.3, -0.25) is 9.59 Å². The number of fused-ring (bicyclic) bond motifs is 1. The first kappa shape index (κ1) is 16.2. The van der Waals surface area contributed by atoms with Crippen LogP contribution in [0.5, 0.6) is 0 Å². The molecule has 4 rings (SSSR count). The quantitative estimate of drug-likeness (QED) is 0.935. The van der Waals surface area contributed by atoms with Crippen molar-refractivity contribution in [1.29, 1.82) is 0 Å². The van der Waals surface area contributed by atoms with Crippen molar-refractivity contribution in [3.8, 4) is 0 Å². The van der Waals surface area contributed by atoms with E-state index in [9.17, 15) is 9.59 Å². The van der Waals surface area contributed by atoms with Gasteiger partial charge < -0.3 is 14.8 Å². The Morgan fingerprint density at radius 1 is 1.16 bits per heavy atom. The van der Waals surface area contributed by atoms with E-state index in [1.165, 1.54) is 19.3 Å². The number of carbonyl (C=O) groups excluding carboxylic acids is 2. The molecule has 5 heteroatoms. The third-order valence-corrected chi connectivity index (χ3v) is 5.69. The molecule has 1 saturated carbocycles. The number of para-hydroxylation sites is 1. The maximum absolute atomic E-state index is 12.7. The molecule has 1 saturated heterocycles. The average Bonchev–Trinajstić information content (AvgIpc) is 3.16. The fourth-order valence-corrected chi connectivity index (χ4v) is 4.34. The molecular formula is C20H25N3O2. The molecule has 1 N–H and O–H groups in total. The van der Waals surface area contributed by atoms with Crippen molar-refractivity contribution in [1.82, 2.24) is 14.8 Å². The summed E-state index contributed by atoms with van der Waals surface area (Å²) >= 11 is 0. The highest BCUT2D eigenvalue weighted by Crippen LogP contribution is 2.26. The smallest absolute Gasteiger partial charge is 0.268 e. The first-order chi connectivity index (χ1) is 12.1. The summed E-state index contributed by atoms with van der Waals surface area (Å²) in [5.74, 6) is 0.0937. The lowest BCUT2D eigenvalue weighted by Crippen LogP contribution is -2.41. The van der Waals surface area contributed by atoms with Crippen LogP contribution in [0.15, 0.2) is 30.3 Å². The zero-order chi connectivity index (χ0) is 17.4. The summed E-state index contributed by atoms with van der Waals surface area (Å²) in [6.07, 6.45) is 6.33. The monoisotopic (exact) mass is 339 g/mol. The predicted octanol–water partition coefficient (Wildman–Crippen LogP) is 2.84. The van der Waals surface area contributed by atoms with Gasteiger partial charge in [0.25, 0.3) is 5.91 Å². The second-order valence-electron chi connectivity index (χ2n) is 7.36. The van der Waals surface area contributed by atoms with Gasteiger partial charge in [0.2, 0.25) is 5.91 Å². The predicted molar refractivity (Wildman–Crippen MR) is 97.4 cm³/mol. The lowest BCUT2D eigenvalue weighted by Gasteiger charge is -2.31. The molecule has 1 unspecified atom stereocenters. The van der Waals surface area contributed by atoms with Crippen LogP contribution in [0.3, 0.4) is 0 Å². The van der Waals surface area contributed by atoms with E-state index < -0.39 is 0 Å². The number of hydrogen-bond acceptors (Lipinski definition) is 2. The van der Waals surface area contributed by atoms with Crippen molar-refractivity contribution in [3.63, 3.8) is 0 Å². The molecule has 1 aliphatic heterocycles. The Balaban J connectivity index is 1.45. The van der Waals surface area contributed by atoms with Crippen LogP contribution in [0.2, 0.25) is 0 Å². The SMILES string of the molecule is Cn1c(C(=O)NC2CC(=O)N(C3CCCCC3)C2)cc2ccccc21. The molecular weight excluding hydrogens is 314 g/mol. The minimum absolute atomic E-state index is 0.0834. The lowest BCUT2D eigenvalue weighted by molar-refractivity contribution is -0.130. The number of aryl methyl sites for hydroxylation is 1. The molecule has 2 aliphatic rings. The first-order valence-electron chi connectivity index (χ1n) is 9.28. The molecule has 25 heavy (non-hydrogen) atoms. The summed E-state index contributed by atoms with van der Waals surface area (Å²) in [6, 6.07) is 10.2. The van der Waals surface area contributed by atoms with Crippen LogP contribution >= 0.6 is 0 Å². The van der Waals surface area contributed by atoms with E-state index in [-0.39, 0.29) is 17.9 Å². The molecule has 0 radical (unpaired) electrons.